The molecule has 0 saturated carbocycles. The zero-order valence-electron chi connectivity index (χ0n) is 11.6. The number of benzene rings is 2. The van der Waals surface area contributed by atoms with Gasteiger partial charge in [0, 0.05) is 0 Å². The van der Waals surface area contributed by atoms with Gasteiger partial charge in [-0.2, -0.15) is 26.3 Å². The van der Waals surface area contributed by atoms with Crippen LogP contribution in [0.2, 0.25) is 0 Å². The molecule has 8 heteroatoms. The molecule has 0 aromatic heterocycles. The molecule has 2 aromatic rings. The fraction of sp³-hybridized carbons (Fsp3) is 0.200. The fourth-order valence-electron chi connectivity index (χ4n) is 1.58. The predicted molar refractivity (Wildman–Crippen MR) is 74.7 cm³/mol. The molecule has 0 aliphatic heterocycles. The first-order chi connectivity index (χ1) is 10.5. The third-order valence-electron chi connectivity index (χ3n) is 2.54. The largest absolute Gasteiger partial charge is 0.506 e. The number of phenols is 1. The zero-order valence-corrected chi connectivity index (χ0v) is 11.6. The van der Waals surface area contributed by atoms with Gasteiger partial charge in [-0.15, -0.1) is 0 Å². The average Bonchev–Trinajstić information content (AvgIpc) is 2.39. The van der Waals surface area contributed by atoms with E-state index in [0.29, 0.717) is 5.69 Å². The Balaban J connectivity index is 0.000000257. The summed E-state index contributed by atoms with van der Waals surface area (Å²) in [4.78, 5) is 0. The molecule has 23 heavy (non-hydrogen) atoms. The van der Waals surface area contributed by atoms with Crippen LogP contribution in [-0.4, -0.2) is 17.5 Å². The first-order valence-corrected chi connectivity index (χ1v) is 6.25. The third kappa shape index (κ3) is 7.44. The first-order valence-electron chi connectivity index (χ1n) is 6.25. The number of phenolic OH excluding ortho intramolecular Hbond substituents is 1. The number of nitrogens with two attached hydrogens (primary N) is 1. The van der Waals surface area contributed by atoms with Crippen molar-refractivity contribution in [3.05, 3.63) is 48.5 Å². The molecule has 2 rings (SSSR count). The summed E-state index contributed by atoms with van der Waals surface area (Å²) in [5.74, 6) is 0.131. The molecular formula is C15H13F6NO. The number of aromatic hydroxyl groups is 1. The van der Waals surface area contributed by atoms with E-state index in [-0.39, 0.29) is 5.75 Å². The highest BCUT2D eigenvalue weighted by Gasteiger charge is 2.43. The highest BCUT2D eigenvalue weighted by atomic mass is 19.4. The molecule has 0 aliphatic rings. The molecule has 0 atom stereocenters. The molecular weight excluding hydrogens is 324 g/mol. The van der Waals surface area contributed by atoms with E-state index >= 15 is 0 Å². The Labute approximate surface area is 128 Å². The standard InChI is InChI=1S/C12H11NO.C3H2F6/c13-11-7-6-10(8-12(11)14)9-4-2-1-3-5-9;4-2(5,6)1-3(7,8)9/h1-8,14H,13H2;1H2. The molecule has 2 nitrogen and oxygen atoms in total. The fourth-order valence-corrected chi connectivity index (χ4v) is 1.58. The smallest absolute Gasteiger partial charge is 0.397 e. The molecule has 0 fully saturated rings. The van der Waals surface area contributed by atoms with Crippen LogP contribution >= 0.6 is 0 Å². The molecule has 3 N–H and O–H groups in total. The number of hydrogen-bond acceptors (Lipinski definition) is 2. The highest BCUT2D eigenvalue weighted by molar-refractivity contribution is 5.69. The Morgan fingerprint density at radius 2 is 1.30 bits per heavy atom. The molecule has 0 saturated heterocycles. The van der Waals surface area contributed by atoms with Gasteiger partial charge in [-0.1, -0.05) is 36.4 Å². The molecule has 0 amide bonds. The van der Waals surface area contributed by atoms with E-state index in [9.17, 15) is 31.4 Å². The van der Waals surface area contributed by atoms with Crippen molar-refractivity contribution in [2.45, 2.75) is 18.8 Å². The van der Waals surface area contributed by atoms with Crippen LogP contribution in [0.1, 0.15) is 6.42 Å². The van der Waals surface area contributed by atoms with Crippen LogP contribution in [0.3, 0.4) is 0 Å². The van der Waals surface area contributed by atoms with Crippen molar-refractivity contribution in [3.63, 3.8) is 0 Å². The van der Waals surface area contributed by atoms with Crippen LogP contribution in [0.4, 0.5) is 32.0 Å². The van der Waals surface area contributed by atoms with E-state index in [0.717, 1.165) is 11.1 Å². The molecule has 0 heterocycles. The monoisotopic (exact) mass is 337 g/mol. The lowest BCUT2D eigenvalue weighted by molar-refractivity contribution is -0.232. The van der Waals surface area contributed by atoms with Gasteiger partial charge in [-0.05, 0) is 23.3 Å². The molecule has 0 radical (unpaired) electrons. The van der Waals surface area contributed by atoms with Crippen LogP contribution in [-0.2, 0) is 0 Å². The SMILES string of the molecule is FC(F)(F)CC(F)(F)F.Nc1ccc(-c2ccccc2)cc1O. The van der Waals surface area contributed by atoms with Gasteiger partial charge in [-0.3, -0.25) is 0 Å². The van der Waals surface area contributed by atoms with Crippen LogP contribution < -0.4 is 5.73 Å². The van der Waals surface area contributed by atoms with Gasteiger partial charge in [0.05, 0.1) is 5.69 Å². The van der Waals surface area contributed by atoms with E-state index in [1.54, 1.807) is 12.1 Å². The molecule has 0 bridgehead atoms. The minimum Gasteiger partial charge on any atom is -0.506 e. The second kappa shape index (κ2) is 7.26. The summed E-state index contributed by atoms with van der Waals surface area (Å²) >= 11 is 0. The molecule has 126 valence electrons. The maximum atomic E-state index is 10.8. The van der Waals surface area contributed by atoms with E-state index in [4.69, 9.17) is 5.73 Å². The molecule has 2 aromatic carbocycles. The van der Waals surface area contributed by atoms with Crippen LogP contribution in [0.5, 0.6) is 5.75 Å². The maximum absolute atomic E-state index is 10.8. The lowest BCUT2D eigenvalue weighted by Gasteiger charge is -2.08. The lowest BCUT2D eigenvalue weighted by atomic mass is 10.1. The topological polar surface area (TPSA) is 46.2 Å². The Morgan fingerprint density at radius 3 is 1.70 bits per heavy atom. The van der Waals surface area contributed by atoms with Crippen LogP contribution in [0.25, 0.3) is 11.1 Å². The number of halogens is 6. The Kier molecular flexibility index (Phi) is 5.89. The van der Waals surface area contributed by atoms with Crippen LogP contribution in [0, 0.1) is 0 Å². The number of anilines is 1. The summed E-state index contributed by atoms with van der Waals surface area (Å²) in [6.45, 7) is 0. The average molecular weight is 337 g/mol. The van der Waals surface area contributed by atoms with Crippen molar-refractivity contribution in [1.82, 2.24) is 0 Å². The Hall–Kier alpha value is -2.38. The summed E-state index contributed by atoms with van der Waals surface area (Å²) in [7, 11) is 0. The second-order valence-electron chi connectivity index (χ2n) is 4.55. The number of alkyl halides is 6. The van der Waals surface area contributed by atoms with Crippen molar-refractivity contribution in [3.8, 4) is 16.9 Å². The lowest BCUT2D eigenvalue weighted by Crippen LogP contribution is -2.20. The molecule has 0 spiro atoms. The van der Waals surface area contributed by atoms with Crippen LogP contribution in [0.15, 0.2) is 48.5 Å². The summed E-state index contributed by atoms with van der Waals surface area (Å²) in [6, 6.07) is 15.1. The number of rotatable bonds is 1. The van der Waals surface area contributed by atoms with E-state index in [1.165, 1.54) is 0 Å². The van der Waals surface area contributed by atoms with Crippen molar-refractivity contribution in [2.75, 3.05) is 5.73 Å². The van der Waals surface area contributed by atoms with Gasteiger partial charge >= 0.3 is 12.4 Å². The Morgan fingerprint density at radius 1 is 0.783 bits per heavy atom. The van der Waals surface area contributed by atoms with Gasteiger partial charge in [0.25, 0.3) is 0 Å². The molecule has 0 unspecified atom stereocenters. The van der Waals surface area contributed by atoms with Crippen molar-refractivity contribution < 1.29 is 31.4 Å². The van der Waals surface area contributed by atoms with Gasteiger partial charge < -0.3 is 10.8 Å². The summed E-state index contributed by atoms with van der Waals surface area (Å²) in [5, 5.41) is 9.44. The second-order valence-corrected chi connectivity index (χ2v) is 4.55. The number of hydrogen-bond donors (Lipinski definition) is 2. The van der Waals surface area contributed by atoms with Crippen molar-refractivity contribution in [1.29, 1.82) is 0 Å². The minimum absolute atomic E-state index is 0.131. The predicted octanol–water partition coefficient (Wildman–Crippen LogP) is 5.14. The van der Waals surface area contributed by atoms with Gasteiger partial charge in [-0.25, -0.2) is 0 Å². The zero-order chi connectivity index (χ0) is 17.7. The van der Waals surface area contributed by atoms with Crippen molar-refractivity contribution in [2.24, 2.45) is 0 Å². The molecule has 0 aliphatic carbocycles. The van der Waals surface area contributed by atoms with E-state index in [1.807, 2.05) is 36.4 Å². The summed E-state index contributed by atoms with van der Waals surface area (Å²) < 4.78 is 65.0. The third-order valence-corrected chi connectivity index (χ3v) is 2.54. The number of nitrogen functional groups attached to an aromatic ring is 1. The van der Waals surface area contributed by atoms with Crippen molar-refractivity contribution >= 4 is 5.69 Å². The highest BCUT2D eigenvalue weighted by Crippen LogP contribution is 2.32. The minimum atomic E-state index is -5.14. The van der Waals surface area contributed by atoms with Gasteiger partial charge in [0.15, 0.2) is 0 Å². The Bertz CT molecular complexity index is 610. The van der Waals surface area contributed by atoms with Gasteiger partial charge in [0.2, 0.25) is 0 Å². The van der Waals surface area contributed by atoms with E-state index in [2.05, 4.69) is 0 Å². The van der Waals surface area contributed by atoms with Gasteiger partial charge in [0.1, 0.15) is 12.2 Å². The van der Waals surface area contributed by atoms with E-state index < -0.39 is 18.8 Å². The first kappa shape index (κ1) is 18.7. The maximum Gasteiger partial charge on any atom is 0.397 e. The quantitative estimate of drug-likeness (QED) is 0.430. The summed E-state index contributed by atoms with van der Waals surface area (Å²) in [6.07, 6.45) is -13.0. The normalized spacial score (nSPS) is 11.6. The summed E-state index contributed by atoms with van der Waals surface area (Å²) in [5.41, 5.74) is 7.97.